The molecule has 0 aromatic heterocycles. The lowest BCUT2D eigenvalue weighted by molar-refractivity contribution is -0.158. The van der Waals surface area contributed by atoms with E-state index < -0.39 is 0 Å². The van der Waals surface area contributed by atoms with Gasteiger partial charge in [-0.3, -0.25) is 9.59 Å². The van der Waals surface area contributed by atoms with Gasteiger partial charge in [0.05, 0.1) is 0 Å². The van der Waals surface area contributed by atoms with E-state index in [0.717, 1.165) is 51.4 Å². The summed E-state index contributed by atoms with van der Waals surface area (Å²) >= 11 is 4.14. The van der Waals surface area contributed by atoms with Crippen molar-refractivity contribution in [1.29, 1.82) is 0 Å². The van der Waals surface area contributed by atoms with Crippen LogP contribution in [0.15, 0.2) is 0 Å². The van der Waals surface area contributed by atoms with E-state index in [4.69, 9.17) is 4.74 Å². The highest BCUT2D eigenvalue weighted by atomic mass is 127. The number of hydrogen-bond acceptors (Lipinski definition) is 3. The van der Waals surface area contributed by atoms with Crippen molar-refractivity contribution in [3.63, 3.8) is 0 Å². The molecule has 0 aromatic rings. The fraction of sp³-hybridized carbons (Fsp3) is 0.857. The summed E-state index contributed by atoms with van der Waals surface area (Å²) in [7, 11) is 0. The molecule has 0 rings (SSSR count). The minimum atomic E-state index is -0.376. The van der Waals surface area contributed by atoms with Crippen molar-refractivity contribution in [2.24, 2.45) is 0 Å². The van der Waals surface area contributed by atoms with Crippen molar-refractivity contribution in [1.82, 2.24) is 0 Å². The van der Waals surface area contributed by atoms with E-state index in [-0.39, 0.29) is 19.8 Å². The predicted molar refractivity (Wildman–Crippen MR) is 95.0 cm³/mol. The Hall–Kier alpha value is 0.600. The van der Waals surface area contributed by atoms with E-state index >= 15 is 0 Å². The molecular formula is C14H24I2O3. The van der Waals surface area contributed by atoms with Crippen molar-refractivity contribution in [2.75, 3.05) is 0 Å². The highest BCUT2D eigenvalue weighted by Gasteiger charge is 2.23. The standard InChI is InChI=1S/C14H24I2O3/c1-3-5-7-9-11(15)13(17)19-14(18)12(16)10-8-6-4-2/h11-12H,3-10H2,1-2H3. The Morgan fingerprint density at radius 2 is 1.21 bits per heavy atom. The van der Waals surface area contributed by atoms with E-state index in [1.807, 2.05) is 0 Å². The van der Waals surface area contributed by atoms with Gasteiger partial charge in [0.1, 0.15) is 7.85 Å². The predicted octanol–water partition coefficient (Wildman–Crippen LogP) is 4.82. The van der Waals surface area contributed by atoms with E-state index in [9.17, 15) is 9.59 Å². The van der Waals surface area contributed by atoms with Crippen LogP contribution in [-0.2, 0) is 14.3 Å². The summed E-state index contributed by atoms with van der Waals surface area (Å²) in [6.07, 6.45) is 8.11. The smallest absolute Gasteiger partial charge is 0.326 e. The van der Waals surface area contributed by atoms with Gasteiger partial charge in [-0.1, -0.05) is 97.6 Å². The third-order valence-corrected chi connectivity index (χ3v) is 5.10. The molecule has 112 valence electrons. The van der Waals surface area contributed by atoms with E-state index in [0.29, 0.717) is 0 Å². The fourth-order valence-electron chi connectivity index (χ4n) is 1.61. The lowest BCUT2D eigenvalue weighted by Crippen LogP contribution is -2.26. The lowest BCUT2D eigenvalue weighted by Gasteiger charge is -2.11. The van der Waals surface area contributed by atoms with Gasteiger partial charge in [0.15, 0.2) is 0 Å². The summed E-state index contributed by atoms with van der Waals surface area (Å²) < 4.78 is 4.54. The first kappa shape index (κ1) is 19.6. The van der Waals surface area contributed by atoms with Gasteiger partial charge in [-0.2, -0.15) is 0 Å². The van der Waals surface area contributed by atoms with Crippen LogP contribution in [0.3, 0.4) is 0 Å². The lowest BCUT2D eigenvalue weighted by atomic mass is 10.1. The Labute approximate surface area is 143 Å². The average Bonchev–Trinajstić information content (AvgIpc) is 2.38. The quantitative estimate of drug-likeness (QED) is 0.144. The number of alkyl halides is 2. The Kier molecular flexibility index (Phi) is 12.7. The summed E-state index contributed by atoms with van der Waals surface area (Å²) in [5, 5.41) is 0. The van der Waals surface area contributed by atoms with E-state index in [2.05, 4.69) is 59.0 Å². The van der Waals surface area contributed by atoms with Crippen LogP contribution in [0.25, 0.3) is 0 Å². The maximum absolute atomic E-state index is 11.7. The second-order valence-electron chi connectivity index (χ2n) is 4.67. The minimum Gasteiger partial charge on any atom is -0.392 e. The number of carbonyl (C=O) groups excluding carboxylic acids is 2. The summed E-state index contributed by atoms with van der Waals surface area (Å²) in [5.41, 5.74) is 0. The Morgan fingerprint density at radius 3 is 1.53 bits per heavy atom. The van der Waals surface area contributed by atoms with Crippen LogP contribution in [0, 0.1) is 0 Å². The van der Waals surface area contributed by atoms with Gasteiger partial charge in [-0.05, 0) is 12.8 Å². The van der Waals surface area contributed by atoms with Crippen LogP contribution in [0.5, 0.6) is 0 Å². The molecule has 0 heterocycles. The third-order valence-electron chi connectivity index (χ3n) is 2.83. The van der Waals surface area contributed by atoms with E-state index in [1.54, 1.807) is 0 Å². The number of ether oxygens (including phenoxy) is 1. The first-order valence-corrected chi connectivity index (χ1v) is 9.55. The van der Waals surface area contributed by atoms with Gasteiger partial charge in [0.2, 0.25) is 0 Å². The number of rotatable bonds is 10. The second kappa shape index (κ2) is 12.3. The molecule has 0 aromatic carbocycles. The zero-order chi connectivity index (χ0) is 14.7. The first-order chi connectivity index (χ1) is 9.02. The van der Waals surface area contributed by atoms with E-state index in [1.165, 1.54) is 0 Å². The Balaban J connectivity index is 3.92. The van der Waals surface area contributed by atoms with Gasteiger partial charge < -0.3 is 4.74 Å². The van der Waals surface area contributed by atoms with Gasteiger partial charge in [-0.25, -0.2) is 0 Å². The van der Waals surface area contributed by atoms with Gasteiger partial charge in [0, 0.05) is 0 Å². The molecule has 3 nitrogen and oxygen atoms in total. The van der Waals surface area contributed by atoms with Crippen molar-refractivity contribution < 1.29 is 14.3 Å². The molecule has 0 N–H and O–H groups in total. The number of hydrogen-bond donors (Lipinski definition) is 0. The highest BCUT2D eigenvalue weighted by molar-refractivity contribution is 14.1. The van der Waals surface area contributed by atoms with Gasteiger partial charge >= 0.3 is 11.9 Å². The van der Waals surface area contributed by atoms with Crippen LogP contribution in [0.4, 0.5) is 0 Å². The van der Waals surface area contributed by atoms with Crippen LogP contribution < -0.4 is 0 Å². The molecule has 0 aliphatic carbocycles. The molecule has 0 radical (unpaired) electrons. The number of esters is 2. The zero-order valence-electron chi connectivity index (χ0n) is 11.8. The monoisotopic (exact) mass is 494 g/mol. The highest BCUT2D eigenvalue weighted by Crippen LogP contribution is 2.17. The molecule has 0 saturated heterocycles. The summed E-state index contributed by atoms with van der Waals surface area (Å²) in [6.45, 7) is 4.25. The first-order valence-electron chi connectivity index (χ1n) is 7.06. The number of unbranched alkanes of at least 4 members (excludes halogenated alkanes) is 4. The molecule has 0 fully saturated rings. The second-order valence-corrected chi connectivity index (χ2v) is 7.67. The maximum atomic E-state index is 11.7. The molecular weight excluding hydrogens is 470 g/mol. The third kappa shape index (κ3) is 10.0. The molecule has 0 bridgehead atoms. The fourth-order valence-corrected chi connectivity index (χ4v) is 2.74. The topological polar surface area (TPSA) is 43.4 Å². The summed E-state index contributed by atoms with van der Waals surface area (Å²) in [5.74, 6) is -0.752. The Morgan fingerprint density at radius 1 is 0.842 bits per heavy atom. The van der Waals surface area contributed by atoms with Crippen LogP contribution >= 0.6 is 45.2 Å². The SMILES string of the molecule is CCCCCC(I)C(=O)OC(=O)C(I)CCCCC. The van der Waals surface area contributed by atoms with Crippen molar-refractivity contribution in [3.05, 3.63) is 0 Å². The van der Waals surface area contributed by atoms with Crippen LogP contribution in [0.2, 0.25) is 0 Å². The molecule has 0 aliphatic rings. The average molecular weight is 494 g/mol. The van der Waals surface area contributed by atoms with Gasteiger partial charge in [-0.15, -0.1) is 0 Å². The van der Waals surface area contributed by atoms with Crippen molar-refractivity contribution >= 4 is 57.1 Å². The van der Waals surface area contributed by atoms with Crippen molar-refractivity contribution in [3.8, 4) is 0 Å². The maximum Gasteiger partial charge on any atom is 0.326 e. The molecule has 2 atom stereocenters. The summed E-state index contributed by atoms with van der Waals surface area (Å²) in [4.78, 5) is 23.5. The minimum absolute atomic E-state index is 0.202. The molecule has 0 amide bonds. The normalized spacial score (nSPS) is 13.9. The molecule has 0 spiro atoms. The molecule has 5 heteroatoms. The summed E-state index contributed by atoms with van der Waals surface area (Å²) in [6, 6.07) is 0. The number of carbonyl (C=O) groups is 2. The Bertz CT molecular complexity index is 243. The molecule has 0 saturated carbocycles. The van der Waals surface area contributed by atoms with Gasteiger partial charge in [0.25, 0.3) is 0 Å². The molecule has 0 aliphatic heterocycles. The van der Waals surface area contributed by atoms with Crippen molar-refractivity contribution in [2.45, 2.75) is 73.1 Å². The molecule has 2 unspecified atom stereocenters. The largest absolute Gasteiger partial charge is 0.392 e. The molecule has 19 heavy (non-hydrogen) atoms. The van der Waals surface area contributed by atoms with Crippen LogP contribution in [-0.4, -0.2) is 19.8 Å². The van der Waals surface area contributed by atoms with Crippen LogP contribution in [0.1, 0.15) is 65.2 Å². The zero-order valence-corrected chi connectivity index (χ0v) is 16.1. The number of halogens is 2.